The van der Waals surface area contributed by atoms with Crippen LogP contribution in [-0.4, -0.2) is 39.2 Å². The molecule has 7 rings (SSSR count). The van der Waals surface area contributed by atoms with E-state index in [0.29, 0.717) is 35.4 Å². The molecule has 0 saturated heterocycles. The maximum absolute atomic E-state index is 12.4. The van der Waals surface area contributed by atoms with Crippen molar-refractivity contribution < 1.29 is 19.0 Å². The Morgan fingerprint density at radius 2 is 1.84 bits per heavy atom. The van der Waals surface area contributed by atoms with Crippen LogP contribution in [0.25, 0.3) is 21.2 Å². The number of hydrogen-bond donors (Lipinski definition) is 1. The van der Waals surface area contributed by atoms with E-state index in [4.69, 9.17) is 29.2 Å². The number of ether oxygens (including phenoxy) is 3. The molecule has 2 fully saturated rings. The van der Waals surface area contributed by atoms with Crippen LogP contribution in [-0.2, 0) is 21.6 Å². The van der Waals surface area contributed by atoms with E-state index >= 15 is 0 Å². The summed E-state index contributed by atoms with van der Waals surface area (Å²) in [7, 11) is 0. The molecular formula is C34H35N7O4. The molecule has 3 aromatic heterocycles. The second-order valence-electron chi connectivity index (χ2n) is 12.5. The van der Waals surface area contributed by atoms with Crippen LogP contribution in [0.5, 0.6) is 5.88 Å². The average molecular weight is 606 g/mol. The van der Waals surface area contributed by atoms with Gasteiger partial charge in [-0.15, -0.1) is 0 Å². The van der Waals surface area contributed by atoms with Gasteiger partial charge in [0.2, 0.25) is 5.88 Å². The topological polar surface area (TPSA) is 144 Å². The summed E-state index contributed by atoms with van der Waals surface area (Å²) >= 11 is 0. The molecule has 1 N–H and O–H groups in total. The minimum Gasteiger partial charge on any atom is -0.474 e. The van der Waals surface area contributed by atoms with Crippen molar-refractivity contribution in [2.24, 2.45) is 11.0 Å². The van der Waals surface area contributed by atoms with Crippen LogP contribution in [0, 0.1) is 5.92 Å². The van der Waals surface area contributed by atoms with Crippen molar-refractivity contribution in [2.45, 2.75) is 82.8 Å². The van der Waals surface area contributed by atoms with Gasteiger partial charge in [-0.05, 0) is 72.9 Å². The maximum Gasteiger partial charge on any atom is 0.340 e. The first-order chi connectivity index (χ1) is 21.8. The van der Waals surface area contributed by atoms with Crippen LogP contribution < -0.4 is 10.1 Å². The second-order valence-corrected chi connectivity index (χ2v) is 12.5. The quantitative estimate of drug-likeness (QED) is 0.0847. The van der Waals surface area contributed by atoms with Crippen LogP contribution in [0.3, 0.4) is 0 Å². The van der Waals surface area contributed by atoms with Gasteiger partial charge in [-0.25, -0.2) is 19.7 Å². The van der Waals surface area contributed by atoms with E-state index in [1.807, 2.05) is 45.0 Å². The molecule has 3 aliphatic rings. The molecular weight excluding hydrogens is 570 g/mol. The van der Waals surface area contributed by atoms with Crippen molar-refractivity contribution in [1.82, 2.24) is 15.0 Å². The van der Waals surface area contributed by atoms with Gasteiger partial charge >= 0.3 is 5.97 Å². The molecule has 2 aliphatic carbocycles. The molecule has 0 bridgehead atoms. The highest BCUT2D eigenvalue weighted by atomic mass is 16.5. The molecule has 0 amide bonds. The number of azide groups is 1. The Bertz CT molecular complexity index is 1800. The maximum atomic E-state index is 12.4. The molecule has 11 nitrogen and oxygen atoms in total. The van der Waals surface area contributed by atoms with Crippen LogP contribution >= 0.6 is 0 Å². The molecule has 1 unspecified atom stereocenters. The van der Waals surface area contributed by atoms with Gasteiger partial charge < -0.3 is 19.5 Å². The number of benzene rings is 1. The molecule has 0 spiro atoms. The zero-order valence-corrected chi connectivity index (χ0v) is 25.5. The van der Waals surface area contributed by atoms with Crippen molar-refractivity contribution in [3.05, 3.63) is 93.8 Å². The lowest BCUT2D eigenvalue weighted by molar-refractivity contribution is -0.0690. The van der Waals surface area contributed by atoms with E-state index in [0.717, 1.165) is 47.6 Å². The number of anilines is 2. The summed E-state index contributed by atoms with van der Waals surface area (Å²) in [6.45, 7) is 6.42. The summed E-state index contributed by atoms with van der Waals surface area (Å²) in [5.41, 5.74) is 11.9. The third-order valence-electron chi connectivity index (χ3n) is 9.39. The highest BCUT2D eigenvalue weighted by Gasteiger charge is 2.44. The SMILES string of the molecule is C[C@@H]1OC(=O)c2ccc(Nc3cc4c(C(C)(N=[N+]=[N-])C5CC5)cnc(O[C@H]5C[C@H](OCc6ccccc6)C5)c4cn3)nc2[C@H]1C. The van der Waals surface area contributed by atoms with Gasteiger partial charge in [0.05, 0.1) is 34.9 Å². The number of fused-ring (bicyclic) bond motifs is 2. The number of hydrogen-bond acceptors (Lipinski definition) is 9. The lowest BCUT2D eigenvalue weighted by Crippen LogP contribution is -2.39. The summed E-state index contributed by atoms with van der Waals surface area (Å²) in [6.07, 6.45) is 6.89. The Morgan fingerprint density at radius 1 is 1.04 bits per heavy atom. The minimum atomic E-state index is -0.764. The zero-order chi connectivity index (χ0) is 31.1. The van der Waals surface area contributed by atoms with E-state index in [2.05, 4.69) is 27.5 Å². The lowest BCUT2D eigenvalue weighted by atomic mass is 9.86. The Labute approximate surface area is 261 Å². The highest BCUT2D eigenvalue weighted by Crippen LogP contribution is 2.50. The summed E-state index contributed by atoms with van der Waals surface area (Å²) in [4.78, 5) is 29.8. The molecule has 1 aliphatic heterocycles. The number of pyridine rings is 3. The summed E-state index contributed by atoms with van der Waals surface area (Å²) in [5.74, 6) is 1.45. The first-order valence-corrected chi connectivity index (χ1v) is 15.5. The molecule has 1 aromatic carbocycles. The van der Waals surface area contributed by atoms with Crippen LogP contribution in [0.15, 0.2) is 66.0 Å². The predicted molar refractivity (Wildman–Crippen MR) is 168 cm³/mol. The van der Waals surface area contributed by atoms with E-state index in [1.165, 1.54) is 0 Å². The predicted octanol–water partition coefficient (Wildman–Crippen LogP) is 7.49. The van der Waals surface area contributed by atoms with Crippen molar-refractivity contribution >= 4 is 28.4 Å². The monoisotopic (exact) mass is 605 g/mol. The zero-order valence-electron chi connectivity index (χ0n) is 25.5. The van der Waals surface area contributed by atoms with Crippen LogP contribution in [0.1, 0.15) is 79.6 Å². The molecule has 0 radical (unpaired) electrons. The summed E-state index contributed by atoms with van der Waals surface area (Å²) in [6, 6.07) is 15.6. The normalized spacial score (nSPS) is 23.6. The molecule has 2 saturated carbocycles. The average Bonchev–Trinajstić information content (AvgIpc) is 3.88. The van der Waals surface area contributed by atoms with Gasteiger partial charge in [-0.3, -0.25) is 0 Å². The second kappa shape index (κ2) is 11.6. The van der Waals surface area contributed by atoms with Crippen LogP contribution in [0.4, 0.5) is 11.6 Å². The van der Waals surface area contributed by atoms with Gasteiger partial charge in [0.15, 0.2) is 0 Å². The third-order valence-corrected chi connectivity index (χ3v) is 9.39. The largest absolute Gasteiger partial charge is 0.474 e. The Hall–Kier alpha value is -4.73. The number of nitrogens with zero attached hydrogens (tertiary/aromatic N) is 6. The first-order valence-electron chi connectivity index (χ1n) is 15.5. The molecule has 4 aromatic rings. The number of cyclic esters (lactones) is 1. The smallest absolute Gasteiger partial charge is 0.340 e. The van der Waals surface area contributed by atoms with E-state index < -0.39 is 5.54 Å². The van der Waals surface area contributed by atoms with Gasteiger partial charge in [0.1, 0.15) is 23.8 Å². The minimum absolute atomic E-state index is 0.0205. The highest BCUT2D eigenvalue weighted by molar-refractivity contribution is 5.93. The molecule has 3 atom stereocenters. The van der Waals surface area contributed by atoms with Crippen LogP contribution in [0.2, 0.25) is 0 Å². The Morgan fingerprint density at radius 3 is 2.60 bits per heavy atom. The number of nitrogens with one attached hydrogen (secondary N) is 1. The van der Waals surface area contributed by atoms with Crippen molar-refractivity contribution in [1.29, 1.82) is 0 Å². The van der Waals surface area contributed by atoms with Gasteiger partial charge in [0, 0.05) is 36.1 Å². The fourth-order valence-corrected chi connectivity index (χ4v) is 6.22. The van der Waals surface area contributed by atoms with E-state index in [9.17, 15) is 10.3 Å². The van der Waals surface area contributed by atoms with Crippen molar-refractivity contribution in [3.8, 4) is 5.88 Å². The summed E-state index contributed by atoms with van der Waals surface area (Å²) in [5, 5.41) is 9.19. The number of esters is 1. The molecule has 230 valence electrons. The molecule has 11 heteroatoms. The van der Waals surface area contributed by atoms with Crippen molar-refractivity contribution in [3.63, 3.8) is 0 Å². The third kappa shape index (κ3) is 5.65. The number of aromatic nitrogens is 3. The number of carbonyl (C=O) groups excluding carboxylic acids is 1. The van der Waals surface area contributed by atoms with Gasteiger partial charge in [0.25, 0.3) is 0 Å². The summed E-state index contributed by atoms with van der Waals surface area (Å²) < 4.78 is 17.9. The lowest BCUT2D eigenvalue weighted by Gasteiger charge is -2.35. The Balaban J connectivity index is 1.16. The first kappa shape index (κ1) is 29.0. The van der Waals surface area contributed by atoms with E-state index in [-0.39, 0.29) is 36.1 Å². The fourth-order valence-electron chi connectivity index (χ4n) is 6.22. The van der Waals surface area contributed by atoms with Gasteiger partial charge in [-0.1, -0.05) is 42.4 Å². The van der Waals surface area contributed by atoms with Gasteiger partial charge in [-0.2, -0.15) is 0 Å². The number of rotatable bonds is 10. The molecule has 45 heavy (non-hydrogen) atoms. The number of carbonyl (C=O) groups is 1. The van der Waals surface area contributed by atoms with E-state index in [1.54, 1.807) is 24.5 Å². The fraction of sp³-hybridized carbons (Fsp3) is 0.412. The van der Waals surface area contributed by atoms with Crippen molar-refractivity contribution in [2.75, 3.05) is 5.32 Å². The standard InChI is InChI=1S/C34H35N7O4/c1-19-20(2)44-33(42)25-11-12-29(39-31(19)25)38-30-15-26-27(16-36-30)32(37-17-28(26)34(3,40-41-35)22-9-10-22)45-24-13-23(14-24)43-18-21-7-5-4-6-8-21/h4-8,11-12,15-17,19-20,22-24H,9-10,13-14,18H2,1-3H3,(H,36,38,39)/t19-,20-,23-,24-,34?/m0/s1. The Kier molecular flexibility index (Phi) is 7.51. The molecule has 4 heterocycles.